The Hall–Kier alpha value is -3.69. The van der Waals surface area contributed by atoms with Crippen molar-refractivity contribution in [2.75, 3.05) is 26.7 Å². The highest BCUT2D eigenvalue weighted by atomic mass is 16.5. The van der Waals surface area contributed by atoms with E-state index >= 15 is 0 Å². The number of nitrogens with one attached hydrogen (secondary N) is 3. The van der Waals surface area contributed by atoms with E-state index in [0.29, 0.717) is 18.9 Å². The molecule has 1 saturated carbocycles. The molecular weight excluding hydrogens is 508 g/mol. The van der Waals surface area contributed by atoms with E-state index in [0.717, 1.165) is 24.0 Å². The Labute approximate surface area is 236 Å². The lowest BCUT2D eigenvalue weighted by Crippen LogP contribution is -2.60. The number of ether oxygens (including phenoxy) is 1. The maximum atomic E-state index is 13.6. The Bertz CT molecular complexity index is 1200. The number of para-hydroxylation sites is 1. The van der Waals surface area contributed by atoms with Crippen molar-refractivity contribution in [2.24, 2.45) is 5.92 Å². The number of amides is 3. The number of rotatable bonds is 4. The van der Waals surface area contributed by atoms with Gasteiger partial charge < -0.3 is 30.7 Å². The summed E-state index contributed by atoms with van der Waals surface area (Å²) in [5.41, 5.74) is 1.75. The summed E-state index contributed by atoms with van der Waals surface area (Å²) in [6.07, 6.45) is 4.39. The summed E-state index contributed by atoms with van der Waals surface area (Å²) in [7, 11) is 1.53. The Kier molecular flexibility index (Phi) is 9.95. The topological polar surface area (TPSA) is 120 Å². The van der Waals surface area contributed by atoms with Gasteiger partial charge in [-0.2, -0.15) is 0 Å². The first kappa shape index (κ1) is 29.3. The first-order valence-electron chi connectivity index (χ1n) is 14.0. The highest BCUT2D eigenvalue weighted by Crippen LogP contribution is 2.34. The lowest BCUT2D eigenvalue weighted by Gasteiger charge is -2.34. The van der Waals surface area contributed by atoms with Crippen LogP contribution in [0.25, 0.3) is 6.08 Å². The van der Waals surface area contributed by atoms with Crippen molar-refractivity contribution < 1.29 is 24.2 Å². The van der Waals surface area contributed by atoms with Gasteiger partial charge in [0.1, 0.15) is 24.4 Å². The predicted molar refractivity (Wildman–Crippen MR) is 154 cm³/mol. The van der Waals surface area contributed by atoms with E-state index in [2.05, 4.69) is 16.0 Å². The van der Waals surface area contributed by atoms with Gasteiger partial charge >= 0.3 is 0 Å². The summed E-state index contributed by atoms with van der Waals surface area (Å²) in [5, 5.41) is 19.7. The Balaban J connectivity index is 1.65. The number of hydrogen-bond acceptors (Lipinski definition) is 6. The minimum absolute atomic E-state index is 0.158. The van der Waals surface area contributed by atoms with Gasteiger partial charge in [-0.3, -0.25) is 14.4 Å². The summed E-state index contributed by atoms with van der Waals surface area (Å²) in [6, 6.07) is 14.5. The molecule has 0 bridgehead atoms. The number of aliphatic hydroxyl groups is 1. The standard InChI is InChI=1S/C31H40N4O5/c1-20(22-10-5-4-6-11-22)26-29(37)33-17-9-13-23-12-7-8-14-25(23)40-19-18-32-27(24-15-16-24)31(39)35(3)28(21(2)36)30(38)34-26/h4-14,20-21,24,26-28,32,36H,15-19H2,1-3H3,(H,33,37)(H,34,38)/t20?,21?,26-,27+,28+/m1/s1. The zero-order valence-electron chi connectivity index (χ0n) is 23.4. The van der Waals surface area contributed by atoms with Crippen LogP contribution < -0.4 is 20.7 Å². The van der Waals surface area contributed by atoms with Gasteiger partial charge in [0.25, 0.3) is 0 Å². The minimum Gasteiger partial charge on any atom is -0.492 e. The summed E-state index contributed by atoms with van der Waals surface area (Å²) in [4.78, 5) is 42.0. The molecule has 0 saturated heterocycles. The highest BCUT2D eigenvalue weighted by Gasteiger charge is 2.42. The molecule has 0 radical (unpaired) electrons. The predicted octanol–water partition coefficient (Wildman–Crippen LogP) is 2.07. The Morgan fingerprint density at radius 3 is 2.38 bits per heavy atom. The molecule has 214 valence electrons. The van der Waals surface area contributed by atoms with Gasteiger partial charge in [-0.15, -0.1) is 0 Å². The van der Waals surface area contributed by atoms with Crippen LogP contribution in [0.5, 0.6) is 5.75 Å². The van der Waals surface area contributed by atoms with Crippen LogP contribution in [-0.4, -0.2) is 78.7 Å². The van der Waals surface area contributed by atoms with Gasteiger partial charge in [0.15, 0.2) is 0 Å². The van der Waals surface area contributed by atoms with Crippen molar-refractivity contribution in [3.8, 4) is 5.75 Å². The first-order chi connectivity index (χ1) is 19.3. The first-order valence-corrected chi connectivity index (χ1v) is 14.0. The molecule has 2 aromatic carbocycles. The zero-order valence-corrected chi connectivity index (χ0v) is 23.4. The average molecular weight is 549 g/mol. The highest BCUT2D eigenvalue weighted by molar-refractivity contribution is 5.94. The normalized spacial score (nSPS) is 24.9. The molecule has 1 aliphatic heterocycles. The van der Waals surface area contributed by atoms with Crippen LogP contribution in [0.15, 0.2) is 60.7 Å². The van der Waals surface area contributed by atoms with Crippen LogP contribution in [0.3, 0.4) is 0 Å². The lowest BCUT2D eigenvalue weighted by molar-refractivity contribution is -0.145. The van der Waals surface area contributed by atoms with Crippen molar-refractivity contribution in [3.05, 3.63) is 71.8 Å². The van der Waals surface area contributed by atoms with Crippen LogP contribution in [-0.2, 0) is 14.4 Å². The van der Waals surface area contributed by atoms with Crippen molar-refractivity contribution >= 4 is 23.8 Å². The average Bonchev–Trinajstić information content (AvgIpc) is 3.79. The molecule has 1 aliphatic carbocycles. The van der Waals surface area contributed by atoms with Crippen molar-refractivity contribution in [3.63, 3.8) is 0 Å². The molecule has 40 heavy (non-hydrogen) atoms. The molecule has 2 aromatic rings. The third-order valence-corrected chi connectivity index (χ3v) is 7.59. The molecule has 9 heteroatoms. The number of likely N-dealkylation sites (N-methyl/N-ethyl adjacent to an activating group) is 1. The van der Waals surface area contributed by atoms with Gasteiger partial charge in [-0.1, -0.05) is 67.6 Å². The summed E-state index contributed by atoms with van der Waals surface area (Å²) >= 11 is 0. The quantitative estimate of drug-likeness (QED) is 0.465. The fraction of sp³-hybridized carbons (Fsp3) is 0.452. The van der Waals surface area contributed by atoms with E-state index in [1.807, 2.05) is 73.7 Å². The smallest absolute Gasteiger partial charge is 0.246 e. The number of benzene rings is 2. The van der Waals surface area contributed by atoms with Crippen LogP contribution >= 0.6 is 0 Å². The molecule has 1 heterocycles. The Morgan fingerprint density at radius 2 is 1.68 bits per heavy atom. The molecular formula is C31H40N4O5. The van der Waals surface area contributed by atoms with Gasteiger partial charge in [0.05, 0.1) is 12.1 Å². The van der Waals surface area contributed by atoms with E-state index in [9.17, 15) is 19.5 Å². The van der Waals surface area contributed by atoms with Gasteiger partial charge in [-0.05, 0) is 37.3 Å². The van der Waals surface area contributed by atoms with E-state index in [1.165, 1.54) is 18.9 Å². The van der Waals surface area contributed by atoms with Gasteiger partial charge in [0, 0.05) is 31.6 Å². The van der Waals surface area contributed by atoms with Crippen molar-refractivity contribution in [1.29, 1.82) is 0 Å². The van der Waals surface area contributed by atoms with E-state index in [1.54, 1.807) is 0 Å². The fourth-order valence-electron chi connectivity index (χ4n) is 5.15. The molecule has 3 amide bonds. The second-order valence-electron chi connectivity index (χ2n) is 10.6. The molecule has 4 N–H and O–H groups in total. The fourth-order valence-corrected chi connectivity index (χ4v) is 5.15. The number of hydrogen-bond donors (Lipinski definition) is 4. The number of carbonyl (C=O) groups is 3. The Morgan fingerprint density at radius 1 is 0.975 bits per heavy atom. The molecule has 2 aliphatic rings. The molecule has 0 spiro atoms. The number of aliphatic hydroxyl groups excluding tert-OH is 1. The maximum absolute atomic E-state index is 13.6. The van der Waals surface area contributed by atoms with Crippen LogP contribution in [0.4, 0.5) is 0 Å². The molecule has 2 unspecified atom stereocenters. The van der Waals surface area contributed by atoms with E-state index < -0.39 is 30.1 Å². The number of nitrogens with zero attached hydrogens (tertiary/aromatic N) is 1. The van der Waals surface area contributed by atoms with Gasteiger partial charge in [-0.25, -0.2) is 0 Å². The summed E-state index contributed by atoms with van der Waals surface area (Å²) in [5.74, 6) is -0.731. The third kappa shape index (κ3) is 7.28. The molecule has 9 nitrogen and oxygen atoms in total. The largest absolute Gasteiger partial charge is 0.492 e. The van der Waals surface area contributed by atoms with Crippen molar-refractivity contribution in [1.82, 2.24) is 20.9 Å². The number of carbonyl (C=O) groups excluding carboxylic acids is 3. The van der Waals surface area contributed by atoms with E-state index in [-0.39, 0.29) is 30.2 Å². The van der Waals surface area contributed by atoms with E-state index in [4.69, 9.17) is 4.74 Å². The second-order valence-corrected chi connectivity index (χ2v) is 10.6. The number of fused-ring (bicyclic) bond motifs is 1. The van der Waals surface area contributed by atoms with Crippen LogP contribution in [0.2, 0.25) is 0 Å². The molecule has 5 atom stereocenters. The summed E-state index contributed by atoms with van der Waals surface area (Å²) < 4.78 is 6.01. The molecule has 4 rings (SSSR count). The summed E-state index contributed by atoms with van der Waals surface area (Å²) in [6.45, 7) is 4.38. The third-order valence-electron chi connectivity index (χ3n) is 7.59. The second kappa shape index (κ2) is 13.6. The van der Waals surface area contributed by atoms with Crippen molar-refractivity contribution in [2.45, 2.75) is 56.8 Å². The SMILES string of the molecule is CC(O)[C@H]1C(=O)N[C@H](C(C)c2ccccc2)C(=O)NCC=Cc2ccccc2OCCN[C@@H](C2CC2)C(=O)N1C. The van der Waals surface area contributed by atoms with Crippen LogP contribution in [0, 0.1) is 5.92 Å². The monoisotopic (exact) mass is 548 g/mol. The lowest BCUT2D eigenvalue weighted by atomic mass is 9.92. The van der Waals surface area contributed by atoms with Crippen LogP contribution in [0.1, 0.15) is 43.7 Å². The van der Waals surface area contributed by atoms with Gasteiger partial charge in [0.2, 0.25) is 17.7 Å². The minimum atomic E-state index is -1.17. The maximum Gasteiger partial charge on any atom is 0.246 e. The molecule has 0 aromatic heterocycles. The zero-order chi connectivity index (χ0) is 28.6. The molecule has 1 fully saturated rings.